The van der Waals surface area contributed by atoms with Crippen LogP contribution in [0.2, 0.25) is 0 Å². The van der Waals surface area contributed by atoms with E-state index in [9.17, 15) is 9.18 Å². The normalized spacial score (nSPS) is 12.7. The van der Waals surface area contributed by atoms with Gasteiger partial charge < -0.3 is 10.6 Å². The molecule has 2 aromatic carbocycles. The summed E-state index contributed by atoms with van der Waals surface area (Å²) in [5.74, 6) is -0.315. The molecule has 0 fully saturated rings. The van der Waals surface area contributed by atoms with Gasteiger partial charge in [0.15, 0.2) is 0 Å². The quantitative estimate of drug-likeness (QED) is 0.869. The second-order valence-corrected chi connectivity index (χ2v) is 7.01. The van der Waals surface area contributed by atoms with Crippen molar-refractivity contribution in [1.82, 2.24) is 10.6 Å². The zero-order valence-corrected chi connectivity index (χ0v) is 14.7. The molecular formula is C20H25FN2O. The molecule has 0 aliphatic rings. The van der Waals surface area contributed by atoms with Crippen molar-refractivity contribution in [2.24, 2.45) is 5.41 Å². The largest absolute Gasteiger partial charge is 0.355 e. The van der Waals surface area contributed by atoms with Crippen molar-refractivity contribution in [2.45, 2.75) is 33.4 Å². The fraction of sp³-hybridized carbons (Fsp3) is 0.350. The highest BCUT2D eigenvalue weighted by molar-refractivity contribution is 5.93. The number of hydrogen-bond acceptors (Lipinski definition) is 2. The van der Waals surface area contributed by atoms with E-state index in [1.54, 1.807) is 7.05 Å². The number of rotatable bonds is 5. The summed E-state index contributed by atoms with van der Waals surface area (Å²) in [6.45, 7) is 7.14. The summed E-state index contributed by atoms with van der Waals surface area (Å²) in [6.07, 6.45) is 0. The second-order valence-electron chi connectivity index (χ2n) is 7.01. The highest BCUT2D eigenvalue weighted by Gasteiger charge is 2.25. The Balaban J connectivity index is 2.11. The van der Waals surface area contributed by atoms with Crippen LogP contribution in [0.25, 0.3) is 0 Å². The molecule has 0 aromatic heterocycles. The molecule has 0 saturated carbocycles. The predicted octanol–water partition coefficient (Wildman–Crippen LogP) is 4.06. The molecule has 0 heterocycles. The summed E-state index contributed by atoms with van der Waals surface area (Å²) in [4.78, 5) is 11.6. The van der Waals surface area contributed by atoms with E-state index in [2.05, 4.69) is 31.4 Å². The number of hydrogen-bond donors (Lipinski definition) is 2. The Bertz CT molecular complexity index is 672. The van der Waals surface area contributed by atoms with E-state index in [0.29, 0.717) is 12.1 Å². The molecule has 1 unspecified atom stereocenters. The lowest BCUT2D eigenvalue weighted by Gasteiger charge is -2.32. The van der Waals surface area contributed by atoms with E-state index < -0.39 is 0 Å². The van der Waals surface area contributed by atoms with Crippen LogP contribution in [0.1, 0.15) is 48.3 Å². The topological polar surface area (TPSA) is 41.1 Å². The maximum Gasteiger partial charge on any atom is 0.251 e. The number of halogens is 1. The van der Waals surface area contributed by atoms with Crippen LogP contribution >= 0.6 is 0 Å². The Morgan fingerprint density at radius 2 is 1.62 bits per heavy atom. The van der Waals surface area contributed by atoms with Crippen LogP contribution in [0.15, 0.2) is 48.5 Å². The predicted molar refractivity (Wildman–Crippen MR) is 95.3 cm³/mol. The van der Waals surface area contributed by atoms with Crippen molar-refractivity contribution in [1.29, 1.82) is 0 Å². The van der Waals surface area contributed by atoms with Gasteiger partial charge in [-0.1, -0.05) is 45.0 Å². The van der Waals surface area contributed by atoms with E-state index >= 15 is 0 Å². The maximum atomic E-state index is 13.2. The van der Waals surface area contributed by atoms with Crippen LogP contribution in [0.4, 0.5) is 4.39 Å². The van der Waals surface area contributed by atoms with E-state index in [4.69, 9.17) is 0 Å². The minimum Gasteiger partial charge on any atom is -0.355 e. The Hall–Kier alpha value is -2.20. The molecule has 0 saturated heterocycles. The standard InChI is InChI=1S/C20H25FN2O/c1-20(2,3)18(15-9-11-17(21)12-10-15)23-13-14-5-7-16(8-6-14)19(24)22-4/h5-12,18,23H,13H2,1-4H3,(H,22,24). The molecule has 2 N–H and O–H groups in total. The SMILES string of the molecule is CNC(=O)c1ccc(CNC(c2ccc(F)cc2)C(C)(C)C)cc1. The van der Waals surface area contributed by atoms with Crippen LogP contribution in [0, 0.1) is 11.2 Å². The van der Waals surface area contributed by atoms with Crippen molar-refractivity contribution in [3.05, 3.63) is 71.0 Å². The zero-order valence-electron chi connectivity index (χ0n) is 14.7. The summed E-state index contributed by atoms with van der Waals surface area (Å²) in [5.41, 5.74) is 2.79. The molecular weight excluding hydrogens is 303 g/mol. The smallest absolute Gasteiger partial charge is 0.251 e. The summed E-state index contributed by atoms with van der Waals surface area (Å²) in [6, 6.07) is 14.3. The van der Waals surface area contributed by atoms with E-state index in [1.807, 2.05) is 36.4 Å². The lowest BCUT2D eigenvalue weighted by Crippen LogP contribution is -2.32. The molecule has 24 heavy (non-hydrogen) atoms. The van der Waals surface area contributed by atoms with Crippen LogP contribution < -0.4 is 10.6 Å². The lowest BCUT2D eigenvalue weighted by atomic mass is 9.82. The molecule has 0 bridgehead atoms. The van der Waals surface area contributed by atoms with Gasteiger partial charge in [-0.15, -0.1) is 0 Å². The molecule has 1 atom stereocenters. The fourth-order valence-corrected chi connectivity index (χ4v) is 2.72. The molecule has 2 aromatic rings. The number of amides is 1. The number of nitrogens with one attached hydrogen (secondary N) is 2. The minimum absolute atomic E-state index is 0.0140. The van der Waals surface area contributed by atoms with Crippen LogP contribution in [0.3, 0.4) is 0 Å². The molecule has 0 aliphatic carbocycles. The number of benzene rings is 2. The van der Waals surface area contributed by atoms with Gasteiger partial charge in [0.2, 0.25) is 0 Å². The molecule has 0 spiro atoms. The first-order valence-electron chi connectivity index (χ1n) is 8.11. The molecule has 3 nitrogen and oxygen atoms in total. The Kier molecular flexibility index (Phi) is 5.73. The van der Waals surface area contributed by atoms with Gasteiger partial charge in [-0.2, -0.15) is 0 Å². The first kappa shape index (κ1) is 18.1. The van der Waals surface area contributed by atoms with Gasteiger partial charge >= 0.3 is 0 Å². The molecule has 1 amide bonds. The van der Waals surface area contributed by atoms with Gasteiger partial charge in [0.05, 0.1) is 0 Å². The zero-order chi connectivity index (χ0) is 17.7. The van der Waals surface area contributed by atoms with E-state index in [0.717, 1.165) is 11.1 Å². The van der Waals surface area contributed by atoms with Gasteiger partial charge in [-0.05, 0) is 40.8 Å². The van der Waals surface area contributed by atoms with Gasteiger partial charge in [0.1, 0.15) is 5.82 Å². The van der Waals surface area contributed by atoms with Crippen molar-refractivity contribution >= 4 is 5.91 Å². The third-order valence-corrected chi connectivity index (χ3v) is 4.02. The second kappa shape index (κ2) is 7.58. The van der Waals surface area contributed by atoms with Crippen LogP contribution in [-0.4, -0.2) is 13.0 Å². The monoisotopic (exact) mass is 328 g/mol. The van der Waals surface area contributed by atoms with Crippen molar-refractivity contribution in [3.63, 3.8) is 0 Å². The minimum atomic E-state index is -0.226. The maximum absolute atomic E-state index is 13.2. The van der Waals surface area contributed by atoms with Crippen molar-refractivity contribution in [3.8, 4) is 0 Å². The number of carbonyl (C=O) groups excluding carboxylic acids is 1. The molecule has 128 valence electrons. The summed E-state index contributed by atoms with van der Waals surface area (Å²) in [5, 5.41) is 6.16. The highest BCUT2D eigenvalue weighted by Crippen LogP contribution is 2.33. The first-order valence-corrected chi connectivity index (χ1v) is 8.11. The van der Waals surface area contributed by atoms with E-state index in [1.165, 1.54) is 12.1 Å². The van der Waals surface area contributed by atoms with Crippen LogP contribution in [0.5, 0.6) is 0 Å². The van der Waals surface area contributed by atoms with E-state index in [-0.39, 0.29) is 23.2 Å². The van der Waals surface area contributed by atoms with Gasteiger partial charge in [-0.3, -0.25) is 4.79 Å². The Morgan fingerprint density at radius 3 is 2.12 bits per heavy atom. The summed E-state index contributed by atoms with van der Waals surface area (Å²) >= 11 is 0. The molecule has 0 radical (unpaired) electrons. The molecule has 0 aliphatic heterocycles. The average molecular weight is 328 g/mol. The Labute approximate surface area is 143 Å². The third-order valence-electron chi connectivity index (χ3n) is 4.02. The lowest BCUT2D eigenvalue weighted by molar-refractivity contribution is 0.0963. The van der Waals surface area contributed by atoms with Crippen molar-refractivity contribution in [2.75, 3.05) is 7.05 Å². The Morgan fingerprint density at radius 1 is 1.04 bits per heavy atom. The first-order chi connectivity index (χ1) is 11.3. The van der Waals surface area contributed by atoms with Crippen LogP contribution in [-0.2, 0) is 6.54 Å². The third kappa shape index (κ3) is 4.65. The number of carbonyl (C=O) groups is 1. The van der Waals surface area contributed by atoms with Gasteiger partial charge in [0.25, 0.3) is 5.91 Å². The summed E-state index contributed by atoms with van der Waals surface area (Å²) < 4.78 is 13.2. The highest BCUT2D eigenvalue weighted by atomic mass is 19.1. The van der Waals surface area contributed by atoms with Gasteiger partial charge in [-0.25, -0.2) is 4.39 Å². The molecule has 2 rings (SSSR count). The fourth-order valence-electron chi connectivity index (χ4n) is 2.72. The summed E-state index contributed by atoms with van der Waals surface area (Å²) in [7, 11) is 1.62. The van der Waals surface area contributed by atoms with Gasteiger partial charge in [0, 0.05) is 25.2 Å². The average Bonchev–Trinajstić information content (AvgIpc) is 2.55. The molecule has 4 heteroatoms. The van der Waals surface area contributed by atoms with Crippen molar-refractivity contribution < 1.29 is 9.18 Å².